The Kier molecular flexibility index (Phi) is 5.43. The highest BCUT2D eigenvalue weighted by Crippen LogP contribution is 2.28. The molecule has 3 N–H and O–H groups in total. The summed E-state index contributed by atoms with van der Waals surface area (Å²) in [7, 11) is -3.22. The van der Waals surface area contributed by atoms with Gasteiger partial charge in [-0.05, 0) is 37.5 Å². The largest absolute Gasteiger partial charge is 0.332 e. The Balaban J connectivity index is 1.46. The van der Waals surface area contributed by atoms with Gasteiger partial charge >= 0.3 is 6.03 Å². The number of carbonyl (C=O) groups excluding carboxylic acids is 2. The maximum absolute atomic E-state index is 12.2. The fraction of sp³-hybridized carbons (Fsp3) is 0.529. The molecule has 142 valence electrons. The quantitative estimate of drug-likeness (QED) is 0.502. The number of halogens is 1. The summed E-state index contributed by atoms with van der Waals surface area (Å²) in [5.74, 6) is -0.174. The van der Waals surface area contributed by atoms with Gasteiger partial charge in [-0.1, -0.05) is 24.1 Å². The van der Waals surface area contributed by atoms with Crippen LogP contribution in [0.15, 0.2) is 18.2 Å². The number of hydrogen-bond acceptors (Lipinski definition) is 4. The summed E-state index contributed by atoms with van der Waals surface area (Å²) in [6.45, 7) is 1.92. The van der Waals surface area contributed by atoms with Crippen LogP contribution in [0.3, 0.4) is 0 Å². The van der Waals surface area contributed by atoms with Crippen molar-refractivity contribution in [1.29, 1.82) is 0 Å². The van der Waals surface area contributed by atoms with Crippen molar-refractivity contribution in [3.63, 3.8) is 0 Å². The van der Waals surface area contributed by atoms with Crippen LogP contribution in [0.1, 0.15) is 31.2 Å². The van der Waals surface area contributed by atoms with Gasteiger partial charge in [-0.3, -0.25) is 4.79 Å². The number of fused-ring (bicyclic) bond motifs is 1. The van der Waals surface area contributed by atoms with Gasteiger partial charge in [-0.2, -0.15) is 0 Å². The molecule has 3 atom stereocenters. The van der Waals surface area contributed by atoms with Gasteiger partial charge in [-0.25, -0.2) is 13.2 Å². The van der Waals surface area contributed by atoms with E-state index in [2.05, 4.69) is 16.0 Å². The molecule has 2 heterocycles. The lowest BCUT2D eigenvalue weighted by Gasteiger charge is -2.16. The normalized spacial score (nSPS) is 26.1. The fourth-order valence-corrected chi connectivity index (χ4v) is 6.12. The van der Waals surface area contributed by atoms with E-state index < -0.39 is 15.1 Å². The number of unbranched alkanes of at least 4 members (excludes halogenated alkanes) is 1. The zero-order valence-electron chi connectivity index (χ0n) is 14.4. The van der Waals surface area contributed by atoms with Gasteiger partial charge in [0.05, 0.1) is 33.8 Å². The summed E-state index contributed by atoms with van der Waals surface area (Å²) in [6.07, 6.45) is 1.89. The molecule has 2 aliphatic heterocycles. The molecule has 3 rings (SSSR count). The zero-order chi connectivity index (χ0) is 18.9. The predicted octanol–water partition coefficient (Wildman–Crippen LogP) is 1.99. The average molecular weight is 400 g/mol. The minimum Gasteiger partial charge on any atom is -0.332 e. The molecular weight excluding hydrogens is 378 g/mol. The number of rotatable bonds is 6. The molecule has 3 unspecified atom stereocenters. The van der Waals surface area contributed by atoms with Gasteiger partial charge in [0.25, 0.3) is 0 Å². The summed E-state index contributed by atoms with van der Waals surface area (Å²) in [5.41, 5.74) is 1.58. The summed E-state index contributed by atoms with van der Waals surface area (Å²) in [6, 6.07) is 4.39. The number of sulfone groups is 1. The molecule has 1 aromatic carbocycles. The third-order valence-electron chi connectivity index (χ3n) is 4.86. The lowest BCUT2D eigenvalue weighted by Crippen LogP contribution is -2.39. The molecule has 9 heteroatoms. The van der Waals surface area contributed by atoms with Crippen LogP contribution in [0.25, 0.3) is 0 Å². The second-order valence-electron chi connectivity index (χ2n) is 6.90. The first-order valence-corrected chi connectivity index (χ1v) is 10.7. The molecule has 0 aromatic heterocycles. The molecule has 26 heavy (non-hydrogen) atoms. The molecular formula is C17H22ClN3O4S. The number of anilines is 1. The molecule has 0 saturated carbocycles. The Bertz CT molecular complexity index is 827. The first-order chi connectivity index (χ1) is 12.3. The Morgan fingerprint density at radius 2 is 2.08 bits per heavy atom. The number of aryl methyl sites for hydroxylation is 1. The Morgan fingerprint density at radius 3 is 2.81 bits per heavy atom. The fourth-order valence-electron chi connectivity index (χ4n) is 3.57. The van der Waals surface area contributed by atoms with Gasteiger partial charge in [0.2, 0.25) is 5.91 Å². The maximum atomic E-state index is 12.2. The standard InChI is InChI=1S/C17H22ClN3O4S/c1-10-6-7-12(11(18)8-10)19-15(22)5-3-2-4-14-16-13(9-26(14,24)25)20-17(23)21-16/h6-8,13-14,16H,2-5,9H2,1H3,(H,19,22)(H2,20,21,23). The topological polar surface area (TPSA) is 104 Å². The van der Waals surface area contributed by atoms with Crippen LogP contribution in [0.2, 0.25) is 5.02 Å². The van der Waals surface area contributed by atoms with E-state index in [0.29, 0.717) is 30.0 Å². The summed E-state index contributed by atoms with van der Waals surface area (Å²) in [5, 5.41) is 8.01. The highest BCUT2D eigenvalue weighted by Gasteiger charge is 2.51. The number of carbonyl (C=O) groups is 2. The van der Waals surface area contributed by atoms with Crippen LogP contribution in [0, 0.1) is 6.92 Å². The SMILES string of the molecule is Cc1ccc(NC(=O)CCCCC2C3NC(=O)NC3CS2(=O)=O)c(Cl)c1. The molecule has 7 nitrogen and oxygen atoms in total. The van der Waals surface area contributed by atoms with Crippen molar-refractivity contribution >= 4 is 39.1 Å². The van der Waals surface area contributed by atoms with E-state index in [1.807, 2.05) is 13.0 Å². The molecule has 2 fully saturated rings. The number of nitrogens with one attached hydrogen (secondary N) is 3. The van der Waals surface area contributed by atoms with E-state index in [1.54, 1.807) is 12.1 Å². The molecule has 3 amide bonds. The van der Waals surface area contributed by atoms with Crippen molar-refractivity contribution in [2.75, 3.05) is 11.1 Å². The highest BCUT2D eigenvalue weighted by molar-refractivity contribution is 7.92. The summed E-state index contributed by atoms with van der Waals surface area (Å²) < 4.78 is 24.5. The third kappa shape index (κ3) is 4.12. The van der Waals surface area contributed by atoms with Gasteiger partial charge in [0.15, 0.2) is 9.84 Å². The third-order valence-corrected chi connectivity index (χ3v) is 7.45. The number of amides is 3. The van der Waals surface area contributed by atoms with E-state index in [4.69, 9.17) is 11.6 Å². The Labute approximate surface area is 157 Å². The second-order valence-corrected chi connectivity index (χ2v) is 9.57. The average Bonchev–Trinajstić information content (AvgIpc) is 2.99. The first kappa shape index (κ1) is 19.0. The van der Waals surface area contributed by atoms with Crippen LogP contribution in [0.4, 0.5) is 10.5 Å². The molecule has 2 aliphatic rings. The maximum Gasteiger partial charge on any atom is 0.315 e. The van der Waals surface area contributed by atoms with Crippen molar-refractivity contribution in [3.8, 4) is 0 Å². The molecule has 0 radical (unpaired) electrons. The van der Waals surface area contributed by atoms with Crippen LogP contribution in [-0.2, 0) is 14.6 Å². The van der Waals surface area contributed by atoms with Crippen LogP contribution in [-0.4, -0.2) is 43.4 Å². The smallest absolute Gasteiger partial charge is 0.315 e. The monoisotopic (exact) mass is 399 g/mol. The van der Waals surface area contributed by atoms with E-state index >= 15 is 0 Å². The van der Waals surface area contributed by atoms with E-state index in [9.17, 15) is 18.0 Å². The van der Waals surface area contributed by atoms with E-state index in [0.717, 1.165) is 5.56 Å². The predicted molar refractivity (Wildman–Crippen MR) is 100 cm³/mol. The lowest BCUT2D eigenvalue weighted by molar-refractivity contribution is -0.116. The second kappa shape index (κ2) is 7.44. The summed E-state index contributed by atoms with van der Waals surface area (Å²) >= 11 is 6.09. The highest BCUT2D eigenvalue weighted by atomic mass is 35.5. The van der Waals surface area contributed by atoms with Crippen LogP contribution < -0.4 is 16.0 Å². The minimum absolute atomic E-state index is 0.0204. The van der Waals surface area contributed by atoms with Gasteiger partial charge in [-0.15, -0.1) is 0 Å². The number of urea groups is 1. The van der Waals surface area contributed by atoms with Crippen molar-refractivity contribution in [3.05, 3.63) is 28.8 Å². The van der Waals surface area contributed by atoms with Crippen molar-refractivity contribution in [2.45, 2.75) is 49.9 Å². The molecule has 0 bridgehead atoms. The minimum atomic E-state index is -3.22. The molecule has 1 aromatic rings. The zero-order valence-corrected chi connectivity index (χ0v) is 16.0. The van der Waals surface area contributed by atoms with Crippen molar-refractivity contribution < 1.29 is 18.0 Å². The van der Waals surface area contributed by atoms with E-state index in [-0.39, 0.29) is 36.2 Å². The lowest BCUT2D eigenvalue weighted by atomic mass is 10.0. The van der Waals surface area contributed by atoms with Gasteiger partial charge in [0.1, 0.15) is 0 Å². The van der Waals surface area contributed by atoms with Crippen molar-refractivity contribution in [2.24, 2.45) is 0 Å². The Hall–Kier alpha value is -1.80. The Morgan fingerprint density at radius 1 is 1.31 bits per heavy atom. The van der Waals surface area contributed by atoms with Crippen molar-refractivity contribution in [1.82, 2.24) is 10.6 Å². The number of hydrogen-bond donors (Lipinski definition) is 3. The molecule has 2 saturated heterocycles. The van der Waals surface area contributed by atoms with Gasteiger partial charge in [0, 0.05) is 6.42 Å². The number of benzene rings is 1. The summed E-state index contributed by atoms with van der Waals surface area (Å²) in [4.78, 5) is 23.4. The molecule has 0 aliphatic carbocycles. The first-order valence-electron chi connectivity index (χ1n) is 8.61. The van der Waals surface area contributed by atoms with Gasteiger partial charge < -0.3 is 16.0 Å². The van der Waals surface area contributed by atoms with Crippen LogP contribution in [0.5, 0.6) is 0 Å². The van der Waals surface area contributed by atoms with E-state index in [1.165, 1.54) is 0 Å². The molecule has 0 spiro atoms. The van der Waals surface area contributed by atoms with Crippen LogP contribution >= 0.6 is 11.6 Å².